The van der Waals surface area contributed by atoms with Crippen LogP contribution in [-0.2, 0) is 4.79 Å². The van der Waals surface area contributed by atoms with Gasteiger partial charge in [0.25, 0.3) is 5.91 Å². The third kappa shape index (κ3) is 4.91. The number of methoxy groups -OCH3 is 2. The molecule has 0 bridgehead atoms. The van der Waals surface area contributed by atoms with Crippen molar-refractivity contribution in [3.8, 4) is 22.8 Å². The monoisotopic (exact) mass is 526 g/mol. The standard InChI is InChI=1S/C29H22N2O6S/c1-35-24-9-5-3-7-21(24)30-29-31(22-8-4-6-10-25(22)36-2)27(32)26(38-29)17-20-15-16-23(37-20)18-11-13-19(14-12-18)28(33)34/h3-17H,1-2H3,(H,33,34)/b26-17+,30-29?. The van der Waals surface area contributed by atoms with Gasteiger partial charge in [-0.25, -0.2) is 9.79 Å². The van der Waals surface area contributed by atoms with Crippen molar-refractivity contribution in [2.75, 3.05) is 19.1 Å². The van der Waals surface area contributed by atoms with Gasteiger partial charge in [0.2, 0.25) is 0 Å². The number of carboxylic acids is 1. The molecule has 0 unspecified atom stereocenters. The fourth-order valence-electron chi connectivity index (χ4n) is 3.89. The number of rotatable bonds is 7. The number of amides is 1. The molecule has 1 N–H and O–H groups in total. The lowest BCUT2D eigenvalue weighted by atomic mass is 10.1. The summed E-state index contributed by atoms with van der Waals surface area (Å²) in [5.74, 6) is 0.848. The van der Waals surface area contributed by atoms with E-state index in [1.165, 1.54) is 28.8 Å². The number of hydrogen-bond acceptors (Lipinski definition) is 7. The molecule has 1 fully saturated rings. The number of thioether (sulfide) groups is 1. The highest BCUT2D eigenvalue weighted by atomic mass is 32.2. The van der Waals surface area contributed by atoms with Crippen LogP contribution in [0.25, 0.3) is 17.4 Å². The van der Waals surface area contributed by atoms with Crippen molar-refractivity contribution in [3.05, 3.63) is 101 Å². The Bertz CT molecular complexity index is 1570. The van der Waals surface area contributed by atoms with Gasteiger partial charge in [0.1, 0.15) is 28.7 Å². The summed E-state index contributed by atoms with van der Waals surface area (Å²) in [6.07, 6.45) is 1.66. The minimum atomic E-state index is -0.997. The summed E-state index contributed by atoms with van der Waals surface area (Å²) >= 11 is 1.21. The molecule has 1 amide bonds. The molecule has 8 nitrogen and oxygen atoms in total. The number of benzene rings is 3. The van der Waals surface area contributed by atoms with Crippen LogP contribution in [0.5, 0.6) is 11.5 Å². The molecule has 38 heavy (non-hydrogen) atoms. The van der Waals surface area contributed by atoms with E-state index in [4.69, 9.17) is 24.0 Å². The molecule has 1 aliphatic rings. The normalized spacial score (nSPS) is 15.3. The van der Waals surface area contributed by atoms with Crippen LogP contribution >= 0.6 is 11.8 Å². The van der Waals surface area contributed by atoms with Crippen molar-refractivity contribution in [2.45, 2.75) is 0 Å². The number of carbonyl (C=O) groups is 2. The summed E-state index contributed by atoms with van der Waals surface area (Å²) in [7, 11) is 3.12. The maximum atomic E-state index is 13.7. The molecule has 5 rings (SSSR count). The second-order valence-corrected chi connectivity index (χ2v) is 9.08. The molecule has 0 saturated carbocycles. The largest absolute Gasteiger partial charge is 0.495 e. The molecule has 190 valence electrons. The summed E-state index contributed by atoms with van der Waals surface area (Å²) in [4.78, 5) is 31.5. The molecular weight excluding hydrogens is 504 g/mol. The number of para-hydroxylation sites is 4. The maximum absolute atomic E-state index is 13.7. The molecule has 4 aromatic rings. The minimum absolute atomic E-state index is 0.189. The zero-order chi connectivity index (χ0) is 26.6. The topological polar surface area (TPSA) is 102 Å². The number of furan rings is 1. The predicted molar refractivity (Wildman–Crippen MR) is 147 cm³/mol. The van der Waals surface area contributed by atoms with Crippen LogP contribution in [0.15, 0.2) is 99.2 Å². The summed E-state index contributed by atoms with van der Waals surface area (Å²) < 4.78 is 16.9. The fourth-order valence-corrected chi connectivity index (χ4v) is 4.86. The molecule has 0 atom stereocenters. The van der Waals surface area contributed by atoms with Crippen LogP contribution in [-0.4, -0.2) is 36.4 Å². The van der Waals surface area contributed by atoms with Gasteiger partial charge in [0.05, 0.1) is 30.4 Å². The van der Waals surface area contributed by atoms with Crippen molar-refractivity contribution in [2.24, 2.45) is 4.99 Å². The lowest BCUT2D eigenvalue weighted by Gasteiger charge is -2.18. The van der Waals surface area contributed by atoms with Crippen molar-refractivity contribution in [1.82, 2.24) is 0 Å². The quantitative estimate of drug-likeness (QED) is 0.275. The number of amidine groups is 1. The minimum Gasteiger partial charge on any atom is -0.495 e. The Balaban J connectivity index is 1.53. The van der Waals surface area contributed by atoms with Crippen molar-refractivity contribution in [3.63, 3.8) is 0 Å². The summed E-state index contributed by atoms with van der Waals surface area (Å²) in [6, 6.07) is 24.5. The Kier molecular flexibility index (Phi) is 7.01. The molecule has 0 radical (unpaired) electrons. The SMILES string of the molecule is COc1ccccc1N=C1S/C(=C/c2ccc(-c3ccc(C(=O)O)cc3)o2)C(=O)N1c1ccccc1OC. The molecule has 0 aliphatic carbocycles. The fraction of sp³-hybridized carbons (Fsp3) is 0.0690. The van der Waals surface area contributed by atoms with Crippen LogP contribution in [0, 0.1) is 0 Å². The average Bonchev–Trinajstić information content (AvgIpc) is 3.53. The Morgan fingerprint density at radius 2 is 1.61 bits per heavy atom. The van der Waals surface area contributed by atoms with E-state index in [2.05, 4.69) is 0 Å². The highest BCUT2D eigenvalue weighted by molar-refractivity contribution is 8.19. The number of aromatic carboxylic acids is 1. The van der Waals surface area contributed by atoms with E-state index < -0.39 is 5.97 Å². The lowest BCUT2D eigenvalue weighted by Crippen LogP contribution is -2.29. The number of ether oxygens (including phenoxy) is 2. The molecule has 3 aromatic carbocycles. The van der Waals surface area contributed by atoms with E-state index in [9.17, 15) is 9.59 Å². The van der Waals surface area contributed by atoms with Crippen LogP contribution in [0.2, 0.25) is 0 Å². The highest BCUT2D eigenvalue weighted by Crippen LogP contribution is 2.42. The van der Waals surface area contributed by atoms with Gasteiger partial charge >= 0.3 is 5.97 Å². The van der Waals surface area contributed by atoms with Crippen molar-refractivity contribution >= 4 is 46.3 Å². The van der Waals surface area contributed by atoms with Gasteiger partial charge in [-0.15, -0.1) is 0 Å². The number of aliphatic imine (C=N–C) groups is 1. The maximum Gasteiger partial charge on any atom is 0.335 e. The van der Waals surface area contributed by atoms with Gasteiger partial charge in [0, 0.05) is 11.6 Å². The number of carbonyl (C=O) groups excluding carboxylic acids is 1. The van der Waals surface area contributed by atoms with E-state index in [-0.39, 0.29) is 11.5 Å². The Hall–Kier alpha value is -4.76. The zero-order valence-corrected chi connectivity index (χ0v) is 21.3. The smallest absolute Gasteiger partial charge is 0.335 e. The third-order valence-electron chi connectivity index (χ3n) is 5.75. The molecule has 1 aromatic heterocycles. The van der Waals surface area contributed by atoms with Crippen LogP contribution in [0.1, 0.15) is 16.1 Å². The molecule has 1 aliphatic heterocycles. The van der Waals surface area contributed by atoms with E-state index >= 15 is 0 Å². The van der Waals surface area contributed by atoms with Crippen LogP contribution in [0.3, 0.4) is 0 Å². The van der Waals surface area contributed by atoms with Crippen molar-refractivity contribution in [1.29, 1.82) is 0 Å². The van der Waals surface area contributed by atoms with Gasteiger partial charge in [-0.05, 0) is 60.3 Å². The summed E-state index contributed by atoms with van der Waals surface area (Å²) in [5, 5.41) is 9.56. The van der Waals surface area contributed by atoms with E-state index in [0.717, 1.165) is 5.56 Å². The Morgan fingerprint density at radius 1 is 0.921 bits per heavy atom. The van der Waals surface area contributed by atoms with Gasteiger partial charge in [-0.1, -0.05) is 36.4 Å². The number of nitrogens with zero attached hydrogens (tertiary/aromatic N) is 2. The second kappa shape index (κ2) is 10.7. The Morgan fingerprint density at radius 3 is 2.32 bits per heavy atom. The lowest BCUT2D eigenvalue weighted by molar-refractivity contribution is -0.113. The molecule has 1 saturated heterocycles. The highest BCUT2D eigenvalue weighted by Gasteiger charge is 2.36. The Labute approximate surface area is 222 Å². The second-order valence-electron chi connectivity index (χ2n) is 8.07. The summed E-state index contributed by atoms with van der Waals surface area (Å²) in [5.41, 5.74) is 2.05. The van der Waals surface area contributed by atoms with E-state index in [1.807, 2.05) is 30.3 Å². The first-order valence-corrected chi connectivity index (χ1v) is 12.3. The van der Waals surface area contributed by atoms with Gasteiger partial charge < -0.3 is 19.0 Å². The number of carboxylic acid groups (broad SMARTS) is 1. The van der Waals surface area contributed by atoms with Gasteiger partial charge in [-0.3, -0.25) is 9.69 Å². The van der Waals surface area contributed by atoms with E-state index in [1.54, 1.807) is 62.8 Å². The van der Waals surface area contributed by atoms with Crippen LogP contribution < -0.4 is 14.4 Å². The molecule has 2 heterocycles. The molecular formula is C29H22N2O6S. The first-order valence-electron chi connectivity index (χ1n) is 11.5. The third-order valence-corrected chi connectivity index (χ3v) is 6.72. The number of hydrogen-bond donors (Lipinski definition) is 1. The zero-order valence-electron chi connectivity index (χ0n) is 20.5. The van der Waals surface area contributed by atoms with Gasteiger partial charge in [-0.2, -0.15) is 0 Å². The summed E-state index contributed by atoms with van der Waals surface area (Å²) in [6.45, 7) is 0. The first kappa shape index (κ1) is 24.9. The van der Waals surface area contributed by atoms with Gasteiger partial charge in [0.15, 0.2) is 5.17 Å². The molecule has 0 spiro atoms. The van der Waals surface area contributed by atoms with Crippen LogP contribution in [0.4, 0.5) is 11.4 Å². The van der Waals surface area contributed by atoms with E-state index in [0.29, 0.717) is 44.5 Å². The number of anilines is 1. The predicted octanol–water partition coefficient (Wildman–Crippen LogP) is 6.47. The molecule has 9 heteroatoms. The first-order chi connectivity index (χ1) is 18.5. The average molecular weight is 527 g/mol. The van der Waals surface area contributed by atoms with Crippen molar-refractivity contribution < 1.29 is 28.6 Å².